The third-order valence-corrected chi connectivity index (χ3v) is 4.98. The van der Waals surface area contributed by atoms with Gasteiger partial charge in [0, 0.05) is 0 Å². The van der Waals surface area contributed by atoms with Crippen molar-refractivity contribution in [3.63, 3.8) is 0 Å². The van der Waals surface area contributed by atoms with Gasteiger partial charge in [0.25, 0.3) is 0 Å². The highest BCUT2D eigenvalue weighted by Crippen LogP contribution is 2.37. The van der Waals surface area contributed by atoms with E-state index in [-0.39, 0.29) is 17.1 Å². The Morgan fingerprint density at radius 3 is 2.42 bits per heavy atom. The number of esters is 1. The van der Waals surface area contributed by atoms with E-state index in [2.05, 4.69) is 26.8 Å². The molecule has 0 atom stereocenters. The monoisotopic (exact) mass is 448 g/mol. The zero-order chi connectivity index (χ0) is 23.8. The fraction of sp³-hybridized carbons (Fsp3) is 0.259. The molecule has 0 fully saturated rings. The van der Waals surface area contributed by atoms with Gasteiger partial charge >= 0.3 is 11.6 Å². The Morgan fingerprint density at radius 2 is 1.73 bits per heavy atom. The number of ether oxygens (including phenoxy) is 3. The molecule has 0 saturated heterocycles. The fourth-order valence-corrected chi connectivity index (χ4v) is 3.24. The Balaban J connectivity index is 1.89. The van der Waals surface area contributed by atoms with Gasteiger partial charge in [-0.3, -0.25) is 0 Å². The number of carbonyl (C=O) groups excluding carboxylic acids is 1. The molecule has 0 N–H and O–H groups in total. The Kier molecular flexibility index (Phi) is 8.08. The number of fused-ring (bicyclic) bond motifs is 1. The number of methoxy groups -OCH3 is 1. The first-order chi connectivity index (χ1) is 15.9. The summed E-state index contributed by atoms with van der Waals surface area (Å²) in [6.45, 7) is 6.53. The van der Waals surface area contributed by atoms with Crippen LogP contribution in [0.1, 0.15) is 44.0 Å². The predicted molar refractivity (Wildman–Crippen MR) is 128 cm³/mol. The number of hydrogen-bond acceptors (Lipinski definition) is 6. The normalized spacial score (nSPS) is 11.2. The largest absolute Gasteiger partial charge is 0.487 e. The molecule has 0 spiro atoms. The molecule has 0 unspecified atom stereocenters. The van der Waals surface area contributed by atoms with Crippen LogP contribution in [0.2, 0.25) is 0 Å². The van der Waals surface area contributed by atoms with Gasteiger partial charge in [-0.1, -0.05) is 41.5 Å². The summed E-state index contributed by atoms with van der Waals surface area (Å²) in [6.07, 6.45) is 6.11. The third kappa shape index (κ3) is 6.13. The lowest BCUT2D eigenvalue weighted by molar-refractivity contribution is 0.0731. The highest BCUT2D eigenvalue weighted by atomic mass is 16.6. The van der Waals surface area contributed by atoms with Gasteiger partial charge in [0.05, 0.1) is 18.1 Å². The third-order valence-electron chi connectivity index (χ3n) is 4.98. The van der Waals surface area contributed by atoms with Crippen LogP contribution in [0.3, 0.4) is 0 Å². The number of para-hydroxylation sites is 1. The number of carbonyl (C=O) groups is 1. The number of hydrogen-bond donors (Lipinski definition) is 0. The highest BCUT2D eigenvalue weighted by Gasteiger charge is 2.22. The summed E-state index contributed by atoms with van der Waals surface area (Å²) in [5.74, 6) is -0.421. The van der Waals surface area contributed by atoms with E-state index in [0.29, 0.717) is 23.3 Å². The van der Waals surface area contributed by atoms with Crippen molar-refractivity contribution in [3.8, 4) is 17.2 Å². The Labute approximate surface area is 193 Å². The van der Waals surface area contributed by atoms with Gasteiger partial charge in [0.15, 0.2) is 17.1 Å². The zero-order valence-electron chi connectivity index (χ0n) is 19.3. The summed E-state index contributed by atoms with van der Waals surface area (Å²) in [6, 6.07) is 13.6. The van der Waals surface area contributed by atoms with E-state index in [1.54, 1.807) is 48.5 Å². The van der Waals surface area contributed by atoms with E-state index in [9.17, 15) is 9.59 Å². The summed E-state index contributed by atoms with van der Waals surface area (Å²) in [4.78, 5) is 25.2. The quantitative estimate of drug-likeness (QED) is 0.224. The molecule has 33 heavy (non-hydrogen) atoms. The molecular formula is C27H28O6. The Morgan fingerprint density at radius 1 is 0.970 bits per heavy atom. The van der Waals surface area contributed by atoms with Crippen molar-refractivity contribution in [1.82, 2.24) is 0 Å². The molecule has 0 bridgehead atoms. The molecule has 6 heteroatoms. The van der Waals surface area contributed by atoms with Gasteiger partial charge in [-0.25, -0.2) is 9.59 Å². The smallest absolute Gasteiger partial charge is 0.383 e. The van der Waals surface area contributed by atoms with Crippen LogP contribution in [0, 0.1) is 0 Å². The molecular weight excluding hydrogens is 420 g/mol. The molecule has 0 saturated carbocycles. The average molecular weight is 449 g/mol. The number of rotatable bonds is 9. The molecule has 0 amide bonds. The van der Waals surface area contributed by atoms with E-state index >= 15 is 0 Å². The van der Waals surface area contributed by atoms with E-state index in [0.717, 1.165) is 12.8 Å². The first-order valence-corrected chi connectivity index (χ1v) is 10.7. The molecule has 3 aromatic rings. The molecule has 0 radical (unpaired) electrons. The van der Waals surface area contributed by atoms with Crippen molar-refractivity contribution in [2.24, 2.45) is 0 Å². The van der Waals surface area contributed by atoms with E-state index in [1.165, 1.54) is 18.3 Å². The first-order valence-electron chi connectivity index (χ1n) is 10.7. The second-order valence-electron chi connectivity index (χ2n) is 7.82. The summed E-state index contributed by atoms with van der Waals surface area (Å²) in [7, 11) is 1.32. The molecule has 6 nitrogen and oxygen atoms in total. The van der Waals surface area contributed by atoms with Crippen LogP contribution < -0.4 is 19.8 Å². The standard InChI is InChI=1S/C27H28O6/c1-18(2)10-8-11-19(3)16-17-31-22-15-9-14-21-23(22)32-27(29)25(30-4)24(21)33-26(28)20-12-6-5-7-13-20/h5-7,9-10,12-16H,8,11,17H2,1-4H3. The molecule has 0 aliphatic heterocycles. The van der Waals surface area contributed by atoms with Crippen molar-refractivity contribution < 1.29 is 23.4 Å². The van der Waals surface area contributed by atoms with Gasteiger partial charge in [0.2, 0.25) is 5.75 Å². The lowest BCUT2D eigenvalue weighted by Crippen LogP contribution is -2.13. The first kappa shape index (κ1) is 23.9. The molecule has 2 aromatic carbocycles. The summed E-state index contributed by atoms with van der Waals surface area (Å²) in [5.41, 5.74) is 2.28. The van der Waals surface area contributed by atoms with Gasteiger partial charge in [0.1, 0.15) is 6.61 Å². The van der Waals surface area contributed by atoms with Crippen LogP contribution in [0.5, 0.6) is 17.2 Å². The van der Waals surface area contributed by atoms with Crippen molar-refractivity contribution >= 4 is 16.9 Å². The lowest BCUT2D eigenvalue weighted by Gasteiger charge is -2.13. The van der Waals surface area contributed by atoms with Crippen LogP contribution in [-0.2, 0) is 0 Å². The van der Waals surface area contributed by atoms with E-state index in [1.807, 2.05) is 6.08 Å². The van der Waals surface area contributed by atoms with Crippen molar-refractivity contribution in [2.75, 3.05) is 13.7 Å². The van der Waals surface area contributed by atoms with Crippen LogP contribution >= 0.6 is 0 Å². The van der Waals surface area contributed by atoms with Crippen molar-refractivity contribution in [3.05, 3.63) is 87.8 Å². The Bertz CT molecular complexity index is 1230. The Hall–Kier alpha value is -3.80. The molecule has 3 rings (SSSR count). The molecule has 0 aliphatic carbocycles. The van der Waals surface area contributed by atoms with Gasteiger partial charge in [-0.05, 0) is 64.0 Å². The summed E-state index contributed by atoms with van der Waals surface area (Å²) >= 11 is 0. The van der Waals surface area contributed by atoms with Crippen LogP contribution in [0.4, 0.5) is 0 Å². The number of benzene rings is 2. The van der Waals surface area contributed by atoms with Crippen molar-refractivity contribution in [2.45, 2.75) is 33.6 Å². The maximum Gasteiger partial charge on any atom is 0.383 e. The topological polar surface area (TPSA) is 75.0 Å². The summed E-state index contributed by atoms with van der Waals surface area (Å²) < 4.78 is 22.1. The minimum Gasteiger partial charge on any atom is -0.487 e. The minimum absolute atomic E-state index is 0.00324. The lowest BCUT2D eigenvalue weighted by atomic mass is 10.1. The second-order valence-corrected chi connectivity index (χ2v) is 7.82. The molecule has 1 aromatic heterocycles. The van der Waals surface area contributed by atoms with Gasteiger partial charge in [-0.15, -0.1) is 0 Å². The van der Waals surface area contributed by atoms with Gasteiger partial charge < -0.3 is 18.6 Å². The fourth-order valence-electron chi connectivity index (χ4n) is 3.24. The van der Waals surface area contributed by atoms with E-state index < -0.39 is 11.6 Å². The van der Waals surface area contributed by atoms with Crippen LogP contribution in [-0.4, -0.2) is 19.7 Å². The highest BCUT2D eigenvalue weighted by molar-refractivity contribution is 5.96. The zero-order valence-corrected chi connectivity index (χ0v) is 19.3. The maximum absolute atomic E-state index is 12.6. The second kappa shape index (κ2) is 11.2. The minimum atomic E-state index is -0.759. The van der Waals surface area contributed by atoms with E-state index in [4.69, 9.17) is 18.6 Å². The maximum atomic E-state index is 12.6. The predicted octanol–water partition coefficient (Wildman–Crippen LogP) is 6.09. The molecule has 0 aliphatic rings. The van der Waals surface area contributed by atoms with Crippen molar-refractivity contribution in [1.29, 1.82) is 0 Å². The molecule has 1 heterocycles. The summed E-state index contributed by atoms with van der Waals surface area (Å²) in [5, 5.41) is 0.400. The van der Waals surface area contributed by atoms with Crippen LogP contribution in [0.25, 0.3) is 11.0 Å². The number of allylic oxidation sites excluding steroid dienone is 3. The molecule has 172 valence electrons. The average Bonchev–Trinajstić information content (AvgIpc) is 2.80. The SMILES string of the molecule is COc1c(OC(=O)c2ccccc2)c2cccc(OCC=C(C)CCC=C(C)C)c2oc1=O. The van der Waals surface area contributed by atoms with Gasteiger partial charge in [-0.2, -0.15) is 0 Å². The van der Waals surface area contributed by atoms with Crippen LogP contribution in [0.15, 0.2) is 81.0 Å².